The molecule has 0 spiro atoms. The minimum absolute atomic E-state index is 0.0339. The summed E-state index contributed by atoms with van der Waals surface area (Å²) in [6.07, 6.45) is -9.12. The molecule has 0 unspecified atom stereocenters. The van der Waals surface area contributed by atoms with Crippen LogP contribution in [-0.2, 0) is 42.9 Å². The Kier molecular flexibility index (Phi) is 6.70. The summed E-state index contributed by atoms with van der Waals surface area (Å²) < 4.78 is 103. The van der Waals surface area contributed by atoms with Crippen molar-refractivity contribution in [1.82, 2.24) is 0 Å². The second-order valence-corrected chi connectivity index (χ2v) is 12.2. The third-order valence-electron chi connectivity index (χ3n) is 7.60. The zero-order valence-corrected chi connectivity index (χ0v) is 23.8. The quantitative estimate of drug-likeness (QED) is 0.169. The molecule has 2 aromatic carbocycles. The Morgan fingerprint density at radius 1 is 0.568 bits per heavy atom. The van der Waals surface area contributed by atoms with Crippen LogP contribution in [0.2, 0.25) is 0 Å². The average Bonchev–Trinajstić information content (AvgIpc) is 3.66. The SMILES string of the molecule is O=C(c1ccc(C(F)(F)F)cc1)c1cc2c(s1)-c1sc(C(=O)c3ccc(C(F)(F)F)cc3)cc1C13OCCOC21OCCO3. The number of ether oxygens (including phenoxy) is 4. The lowest BCUT2D eigenvalue weighted by Crippen LogP contribution is -2.63. The van der Waals surface area contributed by atoms with E-state index in [-0.39, 0.29) is 47.3 Å². The van der Waals surface area contributed by atoms with Gasteiger partial charge < -0.3 is 18.9 Å². The van der Waals surface area contributed by atoms with Gasteiger partial charge in [-0.2, -0.15) is 26.3 Å². The van der Waals surface area contributed by atoms with Crippen molar-refractivity contribution in [2.24, 2.45) is 0 Å². The summed E-state index contributed by atoms with van der Waals surface area (Å²) >= 11 is 2.10. The first-order chi connectivity index (χ1) is 20.8. The molecule has 0 radical (unpaired) electrons. The molecule has 0 amide bonds. The van der Waals surface area contributed by atoms with E-state index in [1.54, 1.807) is 0 Å². The molecule has 4 heterocycles. The van der Waals surface area contributed by atoms with Crippen molar-refractivity contribution in [3.8, 4) is 9.75 Å². The lowest BCUT2D eigenvalue weighted by atomic mass is 9.83. The molecule has 1 aliphatic carbocycles. The fourth-order valence-electron chi connectivity index (χ4n) is 5.61. The van der Waals surface area contributed by atoms with Gasteiger partial charge in [0.1, 0.15) is 0 Å². The van der Waals surface area contributed by atoms with Gasteiger partial charge in [0, 0.05) is 22.3 Å². The molecule has 7 rings (SSSR count). The van der Waals surface area contributed by atoms with Crippen molar-refractivity contribution in [2.45, 2.75) is 23.9 Å². The second-order valence-electron chi connectivity index (χ2n) is 10.1. The fraction of sp³-hybridized carbons (Fsp3) is 0.267. The Hall–Kier alpha value is -3.40. The summed E-state index contributed by atoms with van der Waals surface area (Å²) in [6.45, 7) is 0.442. The Morgan fingerprint density at radius 3 is 1.18 bits per heavy atom. The molecule has 2 aromatic heterocycles. The van der Waals surface area contributed by atoms with Gasteiger partial charge in [0.15, 0.2) is 0 Å². The van der Waals surface area contributed by atoms with E-state index in [1.165, 1.54) is 12.1 Å². The van der Waals surface area contributed by atoms with E-state index in [9.17, 15) is 35.9 Å². The van der Waals surface area contributed by atoms with Gasteiger partial charge in [-0.1, -0.05) is 24.3 Å². The summed E-state index contributed by atoms with van der Waals surface area (Å²) in [5.41, 5.74) is -0.910. The van der Waals surface area contributed by atoms with Crippen molar-refractivity contribution in [3.05, 3.63) is 104 Å². The van der Waals surface area contributed by atoms with Crippen molar-refractivity contribution in [2.75, 3.05) is 26.4 Å². The summed E-state index contributed by atoms with van der Waals surface area (Å²) in [4.78, 5) is 28.4. The standard InChI is InChI=1S/C30H18F6O6S2/c31-29(32,33)17-5-1-15(2-6-17)23(37)21-13-19-25(43-21)26-20(28-27(19,39-9-11-41-28)40-10-12-42-28)14-22(44-26)24(38)16-3-7-18(8-4-16)30(34,35)36/h1-8,13-14H,9-12H2. The van der Waals surface area contributed by atoms with E-state index in [0.717, 1.165) is 71.2 Å². The first kappa shape index (κ1) is 29.3. The summed E-state index contributed by atoms with van der Waals surface area (Å²) in [7, 11) is 0. The largest absolute Gasteiger partial charge is 0.416 e. The van der Waals surface area contributed by atoms with Crippen LogP contribution < -0.4 is 0 Å². The number of thiophene rings is 2. The summed E-state index contributed by atoms with van der Waals surface area (Å²) in [5, 5.41) is 0. The maximum absolute atomic E-state index is 13.5. The summed E-state index contributed by atoms with van der Waals surface area (Å²) in [6, 6.07) is 10.8. The van der Waals surface area contributed by atoms with Crippen LogP contribution in [0.25, 0.3) is 9.75 Å². The third-order valence-corrected chi connectivity index (χ3v) is 10.0. The normalized spacial score (nSPS) is 22.9. The number of carbonyl (C=O) groups is 2. The minimum Gasteiger partial charge on any atom is -0.339 e. The number of alkyl halides is 6. The number of benzene rings is 2. The Labute approximate surface area is 252 Å². The highest BCUT2D eigenvalue weighted by Gasteiger charge is 2.67. The van der Waals surface area contributed by atoms with Crippen LogP contribution in [0.15, 0.2) is 60.7 Å². The highest BCUT2D eigenvalue weighted by Crippen LogP contribution is 2.63. The molecule has 44 heavy (non-hydrogen) atoms. The number of rotatable bonds is 4. The highest BCUT2D eigenvalue weighted by atomic mass is 32.1. The Morgan fingerprint density at radius 2 is 0.886 bits per heavy atom. The second kappa shape index (κ2) is 10.1. The molecule has 0 atom stereocenters. The molecule has 2 saturated heterocycles. The molecule has 6 nitrogen and oxygen atoms in total. The lowest BCUT2D eigenvalue weighted by molar-refractivity contribution is -0.483. The van der Waals surface area contributed by atoms with Crippen molar-refractivity contribution in [1.29, 1.82) is 0 Å². The fourth-order valence-corrected chi connectivity index (χ4v) is 8.08. The van der Waals surface area contributed by atoms with Crippen LogP contribution >= 0.6 is 22.7 Å². The predicted octanol–water partition coefficient (Wildman–Crippen LogP) is 7.39. The van der Waals surface area contributed by atoms with Crippen LogP contribution in [0.4, 0.5) is 26.3 Å². The first-order valence-electron chi connectivity index (χ1n) is 13.1. The molecule has 228 valence electrons. The van der Waals surface area contributed by atoms with Gasteiger partial charge in [0.25, 0.3) is 11.6 Å². The number of hydrogen-bond acceptors (Lipinski definition) is 8. The highest BCUT2D eigenvalue weighted by molar-refractivity contribution is 7.24. The molecule has 0 saturated carbocycles. The molecule has 2 aliphatic heterocycles. The zero-order valence-electron chi connectivity index (χ0n) is 22.1. The smallest absolute Gasteiger partial charge is 0.339 e. The predicted molar refractivity (Wildman–Crippen MR) is 145 cm³/mol. The van der Waals surface area contributed by atoms with Crippen LogP contribution in [0, 0.1) is 0 Å². The average molecular weight is 653 g/mol. The number of fused-ring (bicyclic) bond motifs is 3. The Balaban J connectivity index is 1.34. The van der Waals surface area contributed by atoms with Gasteiger partial charge in [-0.05, 0) is 36.4 Å². The number of carbonyl (C=O) groups excluding carboxylic acids is 2. The van der Waals surface area contributed by atoms with Crippen LogP contribution in [0.3, 0.4) is 0 Å². The molecule has 14 heteroatoms. The topological polar surface area (TPSA) is 71.1 Å². The minimum atomic E-state index is -4.56. The van der Waals surface area contributed by atoms with Gasteiger partial charge in [-0.3, -0.25) is 9.59 Å². The molecule has 3 aliphatic rings. The zero-order chi connectivity index (χ0) is 31.1. The van der Waals surface area contributed by atoms with E-state index in [1.807, 2.05) is 0 Å². The third kappa shape index (κ3) is 4.38. The van der Waals surface area contributed by atoms with E-state index in [2.05, 4.69) is 0 Å². The molecular weight excluding hydrogens is 634 g/mol. The van der Waals surface area contributed by atoms with Gasteiger partial charge in [-0.25, -0.2) is 0 Å². The molecule has 4 aromatic rings. The van der Waals surface area contributed by atoms with E-state index in [4.69, 9.17) is 18.9 Å². The number of halogens is 6. The number of hydrogen-bond donors (Lipinski definition) is 0. The van der Waals surface area contributed by atoms with E-state index < -0.39 is 46.6 Å². The van der Waals surface area contributed by atoms with Crippen LogP contribution in [0.5, 0.6) is 0 Å². The van der Waals surface area contributed by atoms with Crippen LogP contribution in [-0.4, -0.2) is 38.0 Å². The van der Waals surface area contributed by atoms with Crippen molar-refractivity contribution in [3.63, 3.8) is 0 Å². The van der Waals surface area contributed by atoms with Gasteiger partial charge in [-0.15, -0.1) is 22.7 Å². The lowest BCUT2D eigenvalue weighted by Gasteiger charge is -2.55. The monoisotopic (exact) mass is 652 g/mol. The Bertz CT molecular complexity index is 1640. The van der Waals surface area contributed by atoms with Gasteiger partial charge in [0.2, 0.25) is 11.6 Å². The number of ketones is 2. The van der Waals surface area contributed by atoms with Crippen molar-refractivity contribution < 1.29 is 54.9 Å². The molecular formula is C30H18F6O6S2. The summed E-state index contributed by atoms with van der Waals surface area (Å²) in [5.74, 6) is -4.38. The molecule has 0 bridgehead atoms. The van der Waals surface area contributed by atoms with Crippen molar-refractivity contribution >= 4 is 34.2 Å². The molecule has 0 N–H and O–H groups in total. The van der Waals surface area contributed by atoms with Gasteiger partial charge in [0.05, 0.1) is 57.1 Å². The van der Waals surface area contributed by atoms with Crippen LogP contribution in [0.1, 0.15) is 52.7 Å². The van der Waals surface area contributed by atoms with Gasteiger partial charge >= 0.3 is 12.4 Å². The maximum atomic E-state index is 13.5. The van der Waals surface area contributed by atoms with E-state index >= 15 is 0 Å². The van der Waals surface area contributed by atoms with E-state index in [0.29, 0.717) is 20.9 Å². The molecule has 2 fully saturated rings. The first-order valence-corrected chi connectivity index (χ1v) is 14.8. The maximum Gasteiger partial charge on any atom is 0.416 e.